The number of hydrogen-bond acceptors (Lipinski definition) is 3. The Balaban J connectivity index is 3.35. The van der Waals surface area contributed by atoms with Crippen molar-refractivity contribution in [3.05, 3.63) is 0 Å². The summed E-state index contributed by atoms with van der Waals surface area (Å²) in [6.45, 7) is 3.35. The van der Waals surface area contributed by atoms with Gasteiger partial charge in [-0.2, -0.15) is 0 Å². The highest BCUT2D eigenvalue weighted by Gasteiger charge is 2.13. The van der Waals surface area contributed by atoms with Gasteiger partial charge in [0.05, 0.1) is 6.61 Å². The lowest BCUT2D eigenvalue weighted by molar-refractivity contribution is 0.190. The van der Waals surface area contributed by atoms with Crippen LogP contribution in [0.3, 0.4) is 0 Å². The Labute approximate surface area is 79.5 Å². The average Bonchev–Trinajstić information content (AvgIpc) is 1.85. The molecule has 0 atom stereocenters. The van der Waals surface area contributed by atoms with Crippen LogP contribution < -0.4 is 0 Å². The van der Waals surface area contributed by atoms with Gasteiger partial charge in [-0.05, 0) is 0 Å². The van der Waals surface area contributed by atoms with Crippen molar-refractivity contribution >= 4 is 30.7 Å². The Morgan fingerprint density at radius 2 is 2.18 bits per heavy atom. The molecule has 0 fully saturated rings. The van der Waals surface area contributed by atoms with Gasteiger partial charge in [-0.15, -0.1) is 0 Å². The molecule has 0 saturated carbocycles. The van der Waals surface area contributed by atoms with Crippen LogP contribution in [-0.2, 0) is 9.09 Å². The number of rotatable bonds is 5. The molecule has 0 rings (SSSR count). The van der Waals surface area contributed by atoms with Crippen LogP contribution in [-0.4, -0.2) is 32.6 Å². The molecule has 0 spiro atoms. The molecule has 0 heterocycles. The van der Waals surface area contributed by atoms with Crippen molar-refractivity contribution in [2.24, 2.45) is 0 Å². The van der Waals surface area contributed by atoms with E-state index in [2.05, 4.69) is 27.4 Å². The highest BCUT2D eigenvalue weighted by atomic mass is 127. The zero-order chi connectivity index (χ0) is 8.91. The third-order valence-corrected chi connectivity index (χ3v) is 2.62. The predicted octanol–water partition coefficient (Wildman–Crippen LogP) is 0.768. The van der Waals surface area contributed by atoms with E-state index in [9.17, 15) is 4.57 Å². The predicted molar refractivity (Wildman–Crippen MR) is 49.3 cm³/mol. The summed E-state index contributed by atoms with van der Waals surface area (Å²) >= 11 is 2.06. The van der Waals surface area contributed by atoms with Crippen molar-refractivity contribution in [2.45, 2.75) is 6.92 Å². The van der Waals surface area contributed by atoms with Gasteiger partial charge < -0.3 is 9.79 Å². The van der Waals surface area contributed by atoms with E-state index in [1.54, 1.807) is 0 Å². The first kappa shape index (κ1) is 11.8. The number of nitrogens with zero attached hydrogens (tertiary/aromatic N) is 1. The smallest absolute Gasteiger partial charge is 0.303 e. The minimum atomic E-state index is -4.26. The van der Waals surface area contributed by atoms with Gasteiger partial charge in [-0.3, -0.25) is 4.52 Å². The van der Waals surface area contributed by atoms with Crippen molar-refractivity contribution in [3.63, 3.8) is 0 Å². The van der Waals surface area contributed by atoms with E-state index in [0.29, 0.717) is 6.54 Å². The molecule has 0 aromatic heterocycles. The third-order valence-electron chi connectivity index (χ3n) is 0.937. The maximum Gasteiger partial charge on any atom is 0.469 e. The zero-order valence-corrected chi connectivity index (χ0v) is 9.16. The lowest BCUT2D eigenvalue weighted by Gasteiger charge is -2.11. The molecule has 0 aromatic rings. The Morgan fingerprint density at radius 3 is 2.55 bits per heavy atom. The van der Waals surface area contributed by atoms with Crippen LogP contribution >= 0.6 is 30.7 Å². The third kappa shape index (κ3) is 8.71. The molecule has 0 aromatic carbocycles. The van der Waals surface area contributed by atoms with Crippen LogP contribution in [0.5, 0.6) is 0 Å². The fraction of sp³-hybridized carbons (Fsp3) is 1.00. The normalized spacial score (nSPS) is 12.5. The summed E-state index contributed by atoms with van der Waals surface area (Å²) < 4.78 is 16.2. The van der Waals surface area contributed by atoms with E-state index >= 15 is 0 Å². The number of likely N-dealkylation sites (N-methyl/N-ethyl adjacent to an activating group) is 1. The van der Waals surface area contributed by atoms with Crippen LogP contribution in [0.25, 0.3) is 0 Å². The summed E-state index contributed by atoms with van der Waals surface area (Å²) in [5, 5.41) is 0. The maximum absolute atomic E-state index is 10.2. The number of phosphoric ester groups is 1. The number of phosphoric acid groups is 1. The first-order valence-corrected chi connectivity index (χ1v) is 5.56. The van der Waals surface area contributed by atoms with E-state index in [4.69, 9.17) is 9.79 Å². The van der Waals surface area contributed by atoms with Gasteiger partial charge in [-0.1, -0.05) is 6.92 Å². The monoisotopic (exact) mass is 295 g/mol. The average molecular weight is 295 g/mol. The molecule has 0 unspecified atom stereocenters. The van der Waals surface area contributed by atoms with Crippen LogP contribution in [0, 0.1) is 0 Å². The molecular weight excluding hydrogens is 284 g/mol. The highest BCUT2D eigenvalue weighted by Crippen LogP contribution is 2.35. The fourth-order valence-corrected chi connectivity index (χ4v) is 0.933. The first-order valence-electron chi connectivity index (χ1n) is 3.06. The van der Waals surface area contributed by atoms with E-state index in [1.165, 1.54) is 0 Å². The molecule has 2 N–H and O–H groups in total. The molecule has 0 saturated heterocycles. The van der Waals surface area contributed by atoms with Gasteiger partial charge in [0.2, 0.25) is 0 Å². The van der Waals surface area contributed by atoms with Crippen molar-refractivity contribution in [1.29, 1.82) is 0 Å². The standard InChI is InChI=1S/C4H11INO4P/c1-2-6(5)3-4-10-11(7,8)9/h2-4H2,1H3,(H2,7,8,9). The second kappa shape index (κ2) is 5.45. The molecule has 0 aliphatic carbocycles. The van der Waals surface area contributed by atoms with E-state index in [0.717, 1.165) is 6.54 Å². The number of halogens is 1. The lowest BCUT2D eigenvalue weighted by atomic mass is 10.6. The Hall–Kier alpha value is 0.800. The molecule has 7 heteroatoms. The molecule has 0 aliphatic heterocycles. The molecule has 11 heavy (non-hydrogen) atoms. The SMILES string of the molecule is CCN(I)CCOP(=O)(O)O. The van der Waals surface area contributed by atoms with Crippen molar-refractivity contribution in [3.8, 4) is 0 Å². The lowest BCUT2D eigenvalue weighted by Crippen LogP contribution is -2.16. The van der Waals surface area contributed by atoms with Crippen LogP contribution in [0.15, 0.2) is 0 Å². The topological polar surface area (TPSA) is 70.0 Å². The Morgan fingerprint density at radius 1 is 1.64 bits per heavy atom. The first-order chi connectivity index (χ1) is 4.95. The van der Waals surface area contributed by atoms with Gasteiger partial charge in [-0.25, -0.2) is 7.68 Å². The molecule has 68 valence electrons. The van der Waals surface area contributed by atoms with Gasteiger partial charge in [0, 0.05) is 36.0 Å². The summed E-state index contributed by atoms with van der Waals surface area (Å²) in [5.41, 5.74) is 0. The van der Waals surface area contributed by atoms with Crippen LogP contribution in [0.2, 0.25) is 0 Å². The van der Waals surface area contributed by atoms with Gasteiger partial charge in [0.25, 0.3) is 0 Å². The Kier molecular flexibility index (Phi) is 5.84. The van der Waals surface area contributed by atoms with Crippen molar-refractivity contribution < 1.29 is 18.9 Å². The Bertz CT molecular complexity index is 149. The van der Waals surface area contributed by atoms with E-state index in [1.807, 2.05) is 10.0 Å². The second-order valence-electron chi connectivity index (χ2n) is 1.83. The summed E-state index contributed by atoms with van der Waals surface area (Å²) in [6, 6.07) is 0. The molecular formula is C4H11INO4P. The van der Waals surface area contributed by atoms with Crippen molar-refractivity contribution in [2.75, 3.05) is 19.7 Å². The largest absolute Gasteiger partial charge is 0.469 e. The second-order valence-corrected chi connectivity index (χ2v) is 4.43. The zero-order valence-electron chi connectivity index (χ0n) is 6.10. The van der Waals surface area contributed by atoms with Gasteiger partial charge >= 0.3 is 7.82 Å². The van der Waals surface area contributed by atoms with E-state index in [-0.39, 0.29) is 6.61 Å². The summed E-state index contributed by atoms with van der Waals surface area (Å²) in [4.78, 5) is 16.5. The van der Waals surface area contributed by atoms with E-state index < -0.39 is 7.82 Å². The van der Waals surface area contributed by atoms with Crippen LogP contribution in [0.4, 0.5) is 0 Å². The van der Waals surface area contributed by atoms with Gasteiger partial charge in [0.15, 0.2) is 0 Å². The highest BCUT2D eigenvalue weighted by molar-refractivity contribution is 14.1. The maximum atomic E-state index is 10.2. The summed E-state index contributed by atoms with van der Waals surface area (Å²) in [6.07, 6.45) is 0. The van der Waals surface area contributed by atoms with Gasteiger partial charge in [0.1, 0.15) is 0 Å². The number of hydrogen-bond donors (Lipinski definition) is 2. The fourth-order valence-electron chi connectivity index (χ4n) is 0.417. The molecule has 0 amide bonds. The quantitative estimate of drug-likeness (QED) is 0.445. The molecule has 5 nitrogen and oxygen atoms in total. The minimum Gasteiger partial charge on any atom is -0.303 e. The van der Waals surface area contributed by atoms with Crippen molar-refractivity contribution in [1.82, 2.24) is 3.11 Å². The molecule has 0 radical (unpaired) electrons. The molecule has 0 aliphatic rings. The minimum absolute atomic E-state index is 0.0566. The summed E-state index contributed by atoms with van der Waals surface area (Å²) in [7, 11) is -4.26. The van der Waals surface area contributed by atoms with Crippen LogP contribution in [0.1, 0.15) is 6.92 Å². The molecule has 0 bridgehead atoms. The summed E-state index contributed by atoms with van der Waals surface area (Å²) in [5.74, 6) is 0.